The first-order valence-corrected chi connectivity index (χ1v) is 11.8. The van der Waals surface area contributed by atoms with Gasteiger partial charge in [0.25, 0.3) is 17.6 Å². The molecule has 0 spiro atoms. The molecule has 0 aliphatic carbocycles. The van der Waals surface area contributed by atoms with Crippen LogP contribution in [-0.4, -0.2) is 46.8 Å². The van der Waals surface area contributed by atoms with Crippen molar-refractivity contribution in [3.05, 3.63) is 72.9 Å². The van der Waals surface area contributed by atoms with Crippen LogP contribution in [0, 0.1) is 10.5 Å². The number of amides is 2. The van der Waals surface area contributed by atoms with E-state index in [1.165, 1.54) is 23.0 Å². The number of hydrogen-bond acceptors (Lipinski definition) is 7. The zero-order valence-electron chi connectivity index (χ0n) is 18.1. The summed E-state index contributed by atoms with van der Waals surface area (Å²) < 4.78 is 41.0. The van der Waals surface area contributed by atoms with Gasteiger partial charge in [-0.1, -0.05) is 0 Å². The lowest BCUT2D eigenvalue weighted by Crippen LogP contribution is -2.22. The van der Waals surface area contributed by atoms with Crippen LogP contribution in [-0.2, 0) is 12.7 Å². The van der Waals surface area contributed by atoms with Crippen molar-refractivity contribution >= 4 is 56.0 Å². The lowest BCUT2D eigenvalue weighted by Gasteiger charge is -2.14. The molecule has 4 aromatic rings. The van der Waals surface area contributed by atoms with Gasteiger partial charge in [-0.25, -0.2) is 9.67 Å². The Morgan fingerprint density at radius 3 is 2.61 bits per heavy atom. The number of aryl methyl sites for hydroxylation is 1. The van der Waals surface area contributed by atoms with Gasteiger partial charge in [-0.15, -0.1) is 10.2 Å². The van der Waals surface area contributed by atoms with E-state index < -0.39 is 23.8 Å². The molecule has 11 nitrogen and oxygen atoms in total. The fraction of sp³-hybridized carbons (Fsp3) is 0.150. The van der Waals surface area contributed by atoms with Gasteiger partial charge in [-0.3, -0.25) is 9.59 Å². The summed E-state index contributed by atoms with van der Waals surface area (Å²) in [6.45, 7) is 1.40. The van der Waals surface area contributed by atoms with Crippen LogP contribution in [0.4, 0.5) is 18.9 Å². The molecule has 0 aliphatic rings. The maximum Gasteiger partial charge on any atom is 0.455 e. The van der Waals surface area contributed by atoms with Crippen LogP contribution in [0.2, 0.25) is 0 Å². The second-order valence-corrected chi connectivity index (χ2v) is 9.45. The Labute approximate surface area is 222 Å². The van der Waals surface area contributed by atoms with Crippen LogP contribution >= 0.6 is 38.5 Å². The minimum Gasteiger partial charge on any atom is -0.366 e. The lowest BCUT2D eigenvalue weighted by molar-refractivity contribution is -0.145. The first kappa shape index (κ1) is 25.7. The van der Waals surface area contributed by atoms with Crippen LogP contribution in [0.1, 0.15) is 37.9 Å². The third kappa shape index (κ3) is 5.38. The summed E-state index contributed by atoms with van der Waals surface area (Å²) in [4.78, 5) is 30.3. The summed E-state index contributed by atoms with van der Waals surface area (Å²) in [5.74, 6) is -2.56. The summed E-state index contributed by atoms with van der Waals surface area (Å²) in [6, 6.07) is 7.98. The standard InChI is InChI=1S/C20H14BrF3IN9O2/c1-9-5-10(25)6-12(16(26)35)15(9)28-18(36)14-7-11(8-33-31-19(29-32-33)20(22,23)24)30-34(14)17-13(21)3-2-4-27-17/h2-7H,8H2,1H3,(H2,26,35)(H,28,36). The van der Waals surface area contributed by atoms with Crippen LogP contribution < -0.4 is 11.1 Å². The largest absolute Gasteiger partial charge is 0.455 e. The van der Waals surface area contributed by atoms with E-state index in [0.717, 1.165) is 3.57 Å². The monoisotopic (exact) mass is 675 g/mol. The molecule has 0 aliphatic heterocycles. The Kier molecular flexibility index (Phi) is 7.07. The smallest absolute Gasteiger partial charge is 0.366 e. The minimum absolute atomic E-state index is 0.0195. The van der Waals surface area contributed by atoms with Gasteiger partial charge in [-0.05, 0) is 86.6 Å². The maximum absolute atomic E-state index is 13.4. The van der Waals surface area contributed by atoms with E-state index in [-0.39, 0.29) is 35.0 Å². The molecule has 4 rings (SSSR count). The number of aromatic nitrogens is 7. The topological polar surface area (TPSA) is 146 Å². The number of anilines is 1. The first-order valence-electron chi connectivity index (χ1n) is 9.90. The number of nitrogens with two attached hydrogens (primary N) is 1. The van der Waals surface area contributed by atoms with Gasteiger partial charge in [0, 0.05) is 9.77 Å². The summed E-state index contributed by atoms with van der Waals surface area (Å²) in [5, 5.41) is 16.7. The Balaban J connectivity index is 1.75. The average Bonchev–Trinajstić information content (AvgIpc) is 3.43. The summed E-state index contributed by atoms with van der Waals surface area (Å²) in [6.07, 6.45) is -3.28. The molecule has 3 heterocycles. The highest BCUT2D eigenvalue weighted by molar-refractivity contribution is 14.1. The number of carbonyl (C=O) groups excluding carboxylic acids is 2. The van der Waals surface area contributed by atoms with E-state index in [1.54, 1.807) is 25.1 Å². The number of primary amides is 1. The van der Waals surface area contributed by atoms with E-state index >= 15 is 0 Å². The SMILES string of the molecule is Cc1cc(I)cc(C(N)=O)c1NC(=O)c1cc(Cn2nnc(C(F)(F)F)n2)nn1-c1ncccc1Br. The Morgan fingerprint density at radius 2 is 1.97 bits per heavy atom. The number of nitrogens with zero attached hydrogens (tertiary/aromatic N) is 7. The number of rotatable bonds is 6. The average molecular weight is 676 g/mol. The lowest BCUT2D eigenvalue weighted by atomic mass is 10.1. The highest BCUT2D eigenvalue weighted by Gasteiger charge is 2.37. The Hall–Kier alpha value is -3.41. The molecule has 1 aromatic carbocycles. The molecule has 0 bridgehead atoms. The van der Waals surface area contributed by atoms with Gasteiger partial charge in [-0.2, -0.15) is 23.1 Å². The number of hydrogen-bond donors (Lipinski definition) is 2. The predicted molar refractivity (Wildman–Crippen MR) is 131 cm³/mol. The maximum atomic E-state index is 13.4. The highest BCUT2D eigenvalue weighted by atomic mass is 127. The highest BCUT2D eigenvalue weighted by Crippen LogP contribution is 2.27. The van der Waals surface area contributed by atoms with Crippen LogP contribution in [0.15, 0.2) is 41.0 Å². The molecule has 16 heteroatoms. The van der Waals surface area contributed by atoms with Crippen molar-refractivity contribution < 1.29 is 22.8 Å². The van der Waals surface area contributed by atoms with Crippen molar-refractivity contribution in [1.29, 1.82) is 0 Å². The molecule has 0 atom stereocenters. The third-order valence-corrected chi connectivity index (χ3v) is 5.99. The third-order valence-electron chi connectivity index (χ3n) is 4.75. The molecule has 0 unspecified atom stereocenters. The van der Waals surface area contributed by atoms with Crippen LogP contribution in [0.3, 0.4) is 0 Å². The number of nitrogens with one attached hydrogen (secondary N) is 1. The van der Waals surface area contributed by atoms with Crippen LogP contribution in [0.5, 0.6) is 0 Å². The molecule has 36 heavy (non-hydrogen) atoms. The summed E-state index contributed by atoms with van der Waals surface area (Å²) in [7, 11) is 0. The molecule has 186 valence electrons. The summed E-state index contributed by atoms with van der Waals surface area (Å²) >= 11 is 5.38. The van der Waals surface area contributed by atoms with Crippen molar-refractivity contribution in [3.8, 4) is 5.82 Å². The number of benzene rings is 1. The van der Waals surface area contributed by atoms with Gasteiger partial charge < -0.3 is 11.1 Å². The van der Waals surface area contributed by atoms with Gasteiger partial charge >= 0.3 is 6.18 Å². The normalized spacial score (nSPS) is 11.5. The van der Waals surface area contributed by atoms with Crippen LogP contribution in [0.25, 0.3) is 5.82 Å². The van der Waals surface area contributed by atoms with Gasteiger partial charge in [0.15, 0.2) is 5.82 Å². The zero-order chi connectivity index (χ0) is 26.2. The Morgan fingerprint density at radius 1 is 1.22 bits per heavy atom. The fourth-order valence-electron chi connectivity index (χ4n) is 3.21. The van der Waals surface area contributed by atoms with Crippen molar-refractivity contribution in [2.75, 3.05) is 5.32 Å². The van der Waals surface area contributed by atoms with E-state index in [9.17, 15) is 22.8 Å². The molecule has 0 saturated carbocycles. The number of alkyl halides is 3. The molecule has 3 N–H and O–H groups in total. The van der Waals surface area contributed by atoms with Gasteiger partial charge in [0.1, 0.15) is 12.2 Å². The molecule has 2 amide bonds. The van der Waals surface area contributed by atoms with E-state index in [1.807, 2.05) is 22.6 Å². The van der Waals surface area contributed by atoms with Crippen molar-refractivity contribution in [3.63, 3.8) is 0 Å². The molecular weight excluding hydrogens is 662 g/mol. The minimum atomic E-state index is -4.76. The van der Waals surface area contributed by atoms with Gasteiger partial charge in [0.2, 0.25) is 0 Å². The molecular formula is C20H14BrF3IN9O2. The second-order valence-electron chi connectivity index (χ2n) is 7.35. The molecule has 0 fully saturated rings. The molecule has 0 saturated heterocycles. The first-order chi connectivity index (χ1) is 16.9. The number of pyridine rings is 1. The zero-order valence-corrected chi connectivity index (χ0v) is 21.8. The predicted octanol–water partition coefficient (Wildman–Crippen LogP) is 3.35. The van der Waals surface area contributed by atoms with Gasteiger partial charge in [0.05, 0.1) is 21.4 Å². The van der Waals surface area contributed by atoms with E-state index in [4.69, 9.17) is 5.73 Å². The van der Waals surface area contributed by atoms with Crippen molar-refractivity contribution in [2.24, 2.45) is 5.73 Å². The summed E-state index contributed by atoms with van der Waals surface area (Å²) in [5.41, 5.74) is 6.56. The fourth-order valence-corrected chi connectivity index (χ4v) is 4.41. The number of halogens is 5. The molecule has 0 radical (unpaired) electrons. The van der Waals surface area contributed by atoms with Crippen molar-refractivity contribution in [1.82, 2.24) is 35.0 Å². The second kappa shape index (κ2) is 9.92. The van der Waals surface area contributed by atoms with E-state index in [2.05, 4.69) is 46.7 Å². The molecule has 3 aromatic heterocycles. The number of carbonyl (C=O) groups is 2. The Bertz CT molecular complexity index is 1490. The van der Waals surface area contributed by atoms with Crippen molar-refractivity contribution in [2.45, 2.75) is 19.6 Å². The number of tetrazole rings is 1. The van der Waals surface area contributed by atoms with E-state index in [0.29, 0.717) is 14.8 Å². The quantitative estimate of drug-likeness (QED) is 0.298.